The lowest BCUT2D eigenvalue weighted by molar-refractivity contribution is -0.138. The Balaban J connectivity index is 1.35. The summed E-state index contributed by atoms with van der Waals surface area (Å²) in [5.74, 6) is -1.75. The molecule has 0 saturated carbocycles. The highest BCUT2D eigenvalue weighted by Crippen LogP contribution is 2.19. The van der Waals surface area contributed by atoms with Gasteiger partial charge in [-0.25, -0.2) is 8.42 Å². The van der Waals surface area contributed by atoms with Crippen LogP contribution >= 0.6 is 0 Å². The molecule has 1 aromatic carbocycles. The maximum absolute atomic E-state index is 13.0. The van der Waals surface area contributed by atoms with Crippen molar-refractivity contribution < 1.29 is 27.9 Å². The van der Waals surface area contributed by atoms with Crippen molar-refractivity contribution in [1.29, 1.82) is 0 Å². The molecule has 37 heavy (non-hydrogen) atoms. The summed E-state index contributed by atoms with van der Waals surface area (Å²) in [5.41, 5.74) is 1.12. The molecule has 0 bridgehead atoms. The zero-order valence-electron chi connectivity index (χ0n) is 20.6. The number of nitrogens with zero attached hydrogens (tertiary/aromatic N) is 3. The Kier molecular flexibility index (Phi) is 8.25. The lowest BCUT2D eigenvalue weighted by atomic mass is 9.94. The summed E-state index contributed by atoms with van der Waals surface area (Å²) < 4.78 is 28.7. The Hall–Kier alpha value is -3.29. The molecule has 2 aliphatic rings. The van der Waals surface area contributed by atoms with Crippen LogP contribution in [0.1, 0.15) is 45.8 Å². The number of aryl methyl sites for hydroxylation is 1. The number of aromatic nitrogens is 2. The van der Waals surface area contributed by atoms with E-state index in [2.05, 4.69) is 20.5 Å². The summed E-state index contributed by atoms with van der Waals surface area (Å²) in [7, 11) is -4.12. The molecule has 2 amide bonds. The molecule has 1 saturated heterocycles. The summed E-state index contributed by atoms with van der Waals surface area (Å²) in [6, 6.07) is 5.74. The van der Waals surface area contributed by atoms with Crippen molar-refractivity contribution in [3.05, 3.63) is 47.3 Å². The van der Waals surface area contributed by atoms with E-state index in [4.69, 9.17) is 0 Å². The number of carbonyl (C=O) groups is 3. The number of fused-ring (bicyclic) bond motifs is 1. The third-order valence-corrected chi connectivity index (χ3v) is 8.25. The number of carboxylic acid groups (broad SMARTS) is 1. The minimum Gasteiger partial charge on any atom is -0.480 e. The van der Waals surface area contributed by atoms with E-state index in [0.29, 0.717) is 31.2 Å². The van der Waals surface area contributed by atoms with E-state index in [1.807, 2.05) is 0 Å². The molecule has 4 rings (SSSR count). The van der Waals surface area contributed by atoms with Crippen molar-refractivity contribution in [2.24, 2.45) is 5.92 Å². The highest BCUT2D eigenvalue weighted by Gasteiger charge is 2.30. The van der Waals surface area contributed by atoms with E-state index in [-0.39, 0.29) is 16.5 Å². The zero-order valence-corrected chi connectivity index (χ0v) is 21.5. The molecule has 13 heteroatoms. The summed E-state index contributed by atoms with van der Waals surface area (Å²) in [5, 5.41) is 19.5. The Bertz CT molecular complexity index is 1250. The van der Waals surface area contributed by atoms with Gasteiger partial charge in [0.05, 0.1) is 11.4 Å². The molecule has 1 aromatic heterocycles. The average molecular weight is 533 g/mol. The molecule has 2 aliphatic heterocycles. The molecule has 2 aromatic rings. The molecule has 0 aliphatic carbocycles. The van der Waals surface area contributed by atoms with Gasteiger partial charge in [0.15, 0.2) is 5.69 Å². The summed E-state index contributed by atoms with van der Waals surface area (Å²) in [6.07, 6.45) is 3.13. The first kappa shape index (κ1) is 26.8. The molecular formula is C24H32N6O6S. The average Bonchev–Trinajstić information content (AvgIpc) is 3.32. The van der Waals surface area contributed by atoms with Gasteiger partial charge in [0, 0.05) is 25.7 Å². The minimum absolute atomic E-state index is 0.0333. The van der Waals surface area contributed by atoms with Crippen molar-refractivity contribution in [1.82, 2.24) is 30.0 Å². The quantitative estimate of drug-likeness (QED) is 0.337. The number of piperidine rings is 1. The lowest BCUT2D eigenvalue weighted by Crippen LogP contribution is -2.48. The molecule has 0 spiro atoms. The maximum atomic E-state index is 13.0. The predicted molar refractivity (Wildman–Crippen MR) is 134 cm³/mol. The highest BCUT2D eigenvalue weighted by molar-refractivity contribution is 7.89. The van der Waals surface area contributed by atoms with E-state index in [0.717, 1.165) is 37.9 Å². The first-order valence-electron chi connectivity index (χ1n) is 12.3. The Morgan fingerprint density at radius 3 is 2.57 bits per heavy atom. The number of aliphatic carboxylic acids is 1. The lowest BCUT2D eigenvalue weighted by Gasteiger charge is -2.30. The van der Waals surface area contributed by atoms with Gasteiger partial charge in [-0.1, -0.05) is 17.7 Å². The molecule has 1 atom stereocenters. The van der Waals surface area contributed by atoms with Crippen molar-refractivity contribution in [3.8, 4) is 0 Å². The highest BCUT2D eigenvalue weighted by atomic mass is 32.2. The van der Waals surface area contributed by atoms with E-state index < -0.39 is 34.5 Å². The summed E-state index contributed by atoms with van der Waals surface area (Å²) in [6.45, 7) is 4.90. The van der Waals surface area contributed by atoms with Crippen LogP contribution in [0.25, 0.3) is 0 Å². The zero-order chi connectivity index (χ0) is 26.6. The molecule has 1 unspecified atom stereocenters. The third-order valence-electron chi connectivity index (χ3n) is 6.76. The van der Waals surface area contributed by atoms with Crippen LogP contribution in [0.4, 0.5) is 0 Å². The van der Waals surface area contributed by atoms with Crippen LogP contribution in [-0.4, -0.2) is 84.8 Å². The van der Waals surface area contributed by atoms with Gasteiger partial charge < -0.3 is 20.6 Å². The van der Waals surface area contributed by atoms with Crippen LogP contribution in [0.2, 0.25) is 0 Å². The van der Waals surface area contributed by atoms with Gasteiger partial charge in [0.1, 0.15) is 11.7 Å². The van der Waals surface area contributed by atoms with Crippen LogP contribution in [0.5, 0.6) is 0 Å². The first-order chi connectivity index (χ1) is 17.6. The van der Waals surface area contributed by atoms with E-state index in [1.54, 1.807) is 24.0 Å². The smallest absolute Gasteiger partial charge is 0.323 e. The van der Waals surface area contributed by atoms with Crippen LogP contribution in [0.3, 0.4) is 0 Å². The summed E-state index contributed by atoms with van der Waals surface area (Å²) in [4.78, 5) is 39.0. The Labute approximate surface area is 215 Å². The molecule has 3 heterocycles. The molecule has 200 valence electrons. The summed E-state index contributed by atoms with van der Waals surface area (Å²) >= 11 is 0. The number of rotatable bonds is 10. The van der Waals surface area contributed by atoms with E-state index >= 15 is 0 Å². The number of benzene rings is 1. The topological polar surface area (TPSA) is 163 Å². The molecule has 0 radical (unpaired) electrons. The van der Waals surface area contributed by atoms with Crippen LogP contribution in [0, 0.1) is 12.8 Å². The number of amides is 2. The van der Waals surface area contributed by atoms with Gasteiger partial charge in [-0.3, -0.25) is 19.1 Å². The predicted octanol–water partition coefficient (Wildman–Crippen LogP) is 0.199. The Morgan fingerprint density at radius 1 is 1.19 bits per heavy atom. The van der Waals surface area contributed by atoms with Crippen LogP contribution in [0.15, 0.2) is 35.2 Å². The number of nitrogens with one attached hydrogen (secondary N) is 3. The van der Waals surface area contributed by atoms with Gasteiger partial charge in [-0.15, -0.1) is 0 Å². The van der Waals surface area contributed by atoms with Crippen molar-refractivity contribution in [3.63, 3.8) is 0 Å². The van der Waals surface area contributed by atoms with Crippen molar-refractivity contribution >= 4 is 27.8 Å². The van der Waals surface area contributed by atoms with Gasteiger partial charge in [0.2, 0.25) is 10.0 Å². The Morgan fingerprint density at radius 2 is 1.89 bits per heavy atom. The van der Waals surface area contributed by atoms with Crippen molar-refractivity contribution in [2.45, 2.75) is 43.7 Å². The maximum Gasteiger partial charge on any atom is 0.323 e. The van der Waals surface area contributed by atoms with Crippen LogP contribution in [-0.2, 0) is 21.4 Å². The molecule has 1 fully saturated rings. The molecule has 4 N–H and O–H groups in total. The van der Waals surface area contributed by atoms with Gasteiger partial charge in [0.25, 0.3) is 11.8 Å². The molecular weight excluding hydrogens is 500 g/mol. The largest absolute Gasteiger partial charge is 0.480 e. The fraction of sp³-hybridized carbons (Fsp3) is 0.500. The SMILES string of the molecule is Cc1ccc(S(=O)(=O)NC(CNC(=O)c2cc3n(n2)CCN(CCC2CCNCC2)C3=O)C(=O)O)cc1. The van der Waals surface area contributed by atoms with E-state index in [9.17, 15) is 27.9 Å². The standard InChI is InChI=1S/C24H32N6O6S/c1-16-2-4-18(5-3-16)37(35,36)28-20(24(33)34)15-26-22(31)19-14-21-23(32)29(12-13-30(21)27-19)11-8-17-6-9-25-10-7-17/h2-5,14,17,20,25,28H,6-13,15H2,1H3,(H,26,31)(H,33,34). The monoisotopic (exact) mass is 532 g/mol. The number of carbonyl (C=O) groups excluding carboxylic acids is 2. The second-order valence-electron chi connectivity index (χ2n) is 9.45. The number of hydrogen-bond donors (Lipinski definition) is 4. The first-order valence-corrected chi connectivity index (χ1v) is 13.8. The van der Waals surface area contributed by atoms with Gasteiger partial charge in [-0.05, 0) is 57.3 Å². The normalized spacial score (nSPS) is 17.3. The second-order valence-corrected chi connectivity index (χ2v) is 11.2. The fourth-order valence-electron chi connectivity index (χ4n) is 4.51. The van der Waals surface area contributed by atoms with Crippen LogP contribution < -0.4 is 15.4 Å². The number of carboxylic acids is 1. The fourth-order valence-corrected chi connectivity index (χ4v) is 5.70. The number of sulfonamides is 1. The third kappa shape index (κ3) is 6.53. The number of hydrogen-bond acceptors (Lipinski definition) is 7. The van der Waals surface area contributed by atoms with Gasteiger partial charge >= 0.3 is 5.97 Å². The molecule has 12 nitrogen and oxygen atoms in total. The van der Waals surface area contributed by atoms with Gasteiger partial charge in [-0.2, -0.15) is 9.82 Å². The minimum atomic E-state index is -4.12. The second kappa shape index (κ2) is 11.4. The van der Waals surface area contributed by atoms with E-state index in [1.165, 1.54) is 22.9 Å². The van der Waals surface area contributed by atoms with Crippen molar-refractivity contribution in [2.75, 3.05) is 32.7 Å².